The summed E-state index contributed by atoms with van der Waals surface area (Å²) in [6.45, 7) is 4.17. The molecule has 6 heteroatoms. The van der Waals surface area contributed by atoms with Gasteiger partial charge in [0.15, 0.2) is 0 Å². The van der Waals surface area contributed by atoms with Gasteiger partial charge in [-0.05, 0) is 13.0 Å². The molecule has 0 radical (unpaired) electrons. The largest absolute Gasteiger partial charge is 0.378 e. The fourth-order valence-electron chi connectivity index (χ4n) is 2.48. The average molecular weight is 313 g/mol. The van der Waals surface area contributed by atoms with E-state index in [1.54, 1.807) is 11.0 Å². The number of aryl methyl sites for hydroxylation is 1. The Hall–Kier alpha value is -2.47. The minimum atomic E-state index is -0.275. The molecule has 1 amide bonds. The van der Waals surface area contributed by atoms with Gasteiger partial charge < -0.3 is 9.64 Å². The van der Waals surface area contributed by atoms with Gasteiger partial charge in [0.1, 0.15) is 6.54 Å². The Morgan fingerprint density at radius 3 is 2.52 bits per heavy atom. The molecule has 2 heterocycles. The van der Waals surface area contributed by atoms with Gasteiger partial charge in [-0.25, -0.2) is 4.68 Å². The number of morpholine rings is 1. The highest BCUT2D eigenvalue weighted by molar-refractivity contribution is 5.76. The van der Waals surface area contributed by atoms with E-state index in [4.69, 9.17) is 4.74 Å². The smallest absolute Gasteiger partial charge is 0.267 e. The summed E-state index contributed by atoms with van der Waals surface area (Å²) in [6, 6.07) is 11.0. The molecule has 0 unspecified atom stereocenters. The lowest BCUT2D eigenvalue weighted by molar-refractivity contribution is -0.136. The zero-order chi connectivity index (χ0) is 16.2. The van der Waals surface area contributed by atoms with Crippen LogP contribution in [0.1, 0.15) is 5.56 Å². The number of hydrogen-bond donors (Lipinski definition) is 0. The first-order valence-corrected chi connectivity index (χ1v) is 7.64. The van der Waals surface area contributed by atoms with Gasteiger partial charge in [0, 0.05) is 24.7 Å². The third-order valence-corrected chi connectivity index (χ3v) is 3.86. The van der Waals surface area contributed by atoms with Crippen molar-refractivity contribution < 1.29 is 9.53 Å². The minimum Gasteiger partial charge on any atom is -0.378 e. The maximum Gasteiger partial charge on any atom is 0.267 e. The van der Waals surface area contributed by atoms with Crippen LogP contribution >= 0.6 is 0 Å². The van der Waals surface area contributed by atoms with Crippen molar-refractivity contribution in [3.63, 3.8) is 0 Å². The van der Waals surface area contributed by atoms with E-state index in [1.165, 1.54) is 10.7 Å². The van der Waals surface area contributed by atoms with Crippen LogP contribution in [0, 0.1) is 6.92 Å². The summed E-state index contributed by atoms with van der Waals surface area (Å²) < 4.78 is 6.46. The quantitative estimate of drug-likeness (QED) is 0.850. The SMILES string of the molecule is Cc1ccc(-c2ccc(=O)n(CC(=O)N3CCOCC3)n2)cc1. The Labute approximate surface area is 134 Å². The van der Waals surface area contributed by atoms with Crippen LogP contribution in [0.2, 0.25) is 0 Å². The Bertz CT molecular complexity index is 746. The van der Waals surface area contributed by atoms with Gasteiger partial charge in [-0.3, -0.25) is 9.59 Å². The van der Waals surface area contributed by atoms with E-state index in [1.807, 2.05) is 31.2 Å². The molecule has 1 aliphatic heterocycles. The molecule has 0 aliphatic carbocycles. The molecule has 1 aliphatic rings. The average Bonchev–Trinajstić information content (AvgIpc) is 2.58. The number of nitrogens with zero attached hydrogens (tertiary/aromatic N) is 3. The predicted octanol–water partition coefficient (Wildman–Crippen LogP) is 1.08. The molecule has 1 aromatic carbocycles. The molecule has 2 aromatic rings. The second-order valence-electron chi connectivity index (χ2n) is 5.57. The summed E-state index contributed by atoms with van der Waals surface area (Å²) in [5, 5.41) is 4.33. The summed E-state index contributed by atoms with van der Waals surface area (Å²) in [5.41, 5.74) is 2.48. The lowest BCUT2D eigenvalue weighted by Gasteiger charge is -2.26. The number of amides is 1. The second kappa shape index (κ2) is 6.75. The van der Waals surface area contributed by atoms with Crippen LogP contribution in [-0.4, -0.2) is 46.9 Å². The summed E-state index contributed by atoms with van der Waals surface area (Å²) in [5.74, 6) is -0.107. The molecular weight excluding hydrogens is 294 g/mol. The number of carbonyl (C=O) groups is 1. The third kappa shape index (κ3) is 3.65. The Morgan fingerprint density at radius 2 is 1.83 bits per heavy atom. The molecule has 1 saturated heterocycles. The molecule has 0 saturated carbocycles. The monoisotopic (exact) mass is 313 g/mol. The van der Waals surface area contributed by atoms with Gasteiger partial charge in [-0.2, -0.15) is 5.10 Å². The maximum absolute atomic E-state index is 12.3. The molecule has 0 spiro atoms. The predicted molar refractivity (Wildman–Crippen MR) is 86.1 cm³/mol. The van der Waals surface area contributed by atoms with E-state index in [9.17, 15) is 9.59 Å². The van der Waals surface area contributed by atoms with Gasteiger partial charge in [-0.1, -0.05) is 29.8 Å². The zero-order valence-corrected chi connectivity index (χ0v) is 13.1. The Balaban J connectivity index is 1.81. The van der Waals surface area contributed by atoms with E-state index in [0.717, 1.165) is 11.1 Å². The fraction of sp³-hybridized carbons (Fsp3) is 0.353. The normalized spacial score (nSPS) is 14.7. The van der Waals surface area contributed by atoms with Crippen molar-refractivity contribution >= 4 is 5.91 Å². The summed E-state index contributed by atoms with van der Waals surface area (Å²) in [4.78, 5) is 26.0. The fourth-order valence-corrected chi connectivity index (χ4v) is 2.48. The van der Waals surface area contributed by atoms with Crippen molar-refractivity contribution in [3.8, 4) is 11.3 Å². The van der Waals surface area contributed by atoms with Crippen LogP contribution < -0.4 is 5.56 Å². The van der Waals surface area contributed by atoms with Crippen molar-refractivity contribution in [2.24, 2.45) is 0 Å². The summed E-state index contributed by atoms with van der Waals surface area (Å²) >= 11 is 0. The van der Waals surface area contributed by atoms with E-state index >= 15 is 0 Å². The summed E-state index contributed by atoms with van der Waals surface area (Å²) in [6.07, 6.45) is 0. The first kappa shape index (κ1) is 15.4. The van der Waals surface area contributed by atoms with E-state index in [0.29, 0.717) is 32.0 Å². The highest BCUT2D eigenvalue weighted by Gasteiger charge is 2.18. The number of ether oxygens (including phenoxy) is 1. The van der Waals surface area contributed by atoms with Gasteiger partial charge in [0.25, 0.3) is 5.56 Å². The molecule has 0 N–H and O–H groups in total. The number of carbonyl (C=O) groups excluding carboxylic acids is 1. The molecule has 23 heavy (non-hydrogen) atoms. The van der Waals surface area contributed by atoms with Gasteiger partial charge in [0.05, 0.1) is 18.9 Å². The van der Waals surface area contributed by atoms with Crippen LogP contribution in [0.25, 0.3) is 11.3 Å². The number of rotatable bonds is 3. The molecule has 120 valence electrons. The molecule has 0 bridgehead atoms. The van der Waals surface area contributed by atoms with Crippen molar-refractivity contribution in [2.75, 3.05) is 26.3 Å². The van der Waals surface area contributed by atoms with E-state index < -0.39 is 0 Å². The lowest BCUT2D eigenvalue weighted by Crippen LogP contribution is -2.43. The topological polar surface area (TPSA) is 64.4 Å². The molecule has 6 nitrogen and oxygen atoms in total. The zero-order valence-electron chi connectivity index (χ0n) is 13.1. The van der Waals surface area contributed by atoms with Crippen molar-refractivity contribution in [1.29, 1.82) is 0 Å². The van der Waals surface area contributed by atoms with Crippen molar-refractivity contribution in [2.45, 2.75) is 13.5 Å². The van der Waals surface area contributed by atoms with Gasteiger partial charge in [0.2, 0.25) is 5.91 Å². The Morgan fingerprint density at radius 1 is 1.13 bits per heavy atom. The molecule has 1 aromatic heterocycles. The van der Waals surface area contributed by atoms with E-state index in [-0.39, 0.29) is 18.0 Å². The van der Waals surface area contributed by atoms with Crippen molar-refractivity contribution in [3.05, 3.63) is 52.3 Å². The minimum absolute atomic E-state index is 0.0431. The molecule has 3 rings (SSSR count). The number of hydrogen-bond acceptors (Lipinski definition) is 4. The second-order valence-corrected chi connectivity index (χ2v) is 5.57. The van der Waals surface area contributed by atoms with Crippen LogP contribution in [-0.2, 0) is 16.1 Å². The first-order valence-electron chi connectivity index (χ1n) is 7.64. The summed E-state index contributed by atoms with van der Waals surface area (Å²) in [7, 11) is 0. The first-order chi connectivity index (χ1) is 11.1. The van der Waals surface area contributed by atoms with Crippen molar-refractivity contribution in [1.82, 2.24) is 14.7 Å². The van der Waals surface area contributed by atoms with Gasteiger partial charge in [-0.15, -0.1) is 0 Å². The lowest BCUT2D eigenvalue weighted by atomic mass is 10.1. The van der Waals surface area contributed by atoms with Crippen LogP contribution in [0.5, 0.6) is 0 Å². The third-order valence-electron chi connectivity index (χ3n) is 3.86. The molecular formula is C17H19N3O3. The van der Waals surface area contributed by atoms with Gasteiger partial charge >= 0.3 is 0 Å². The van der Waals surface area contributed by atoms with Crippen LogP contribution in [0.15, 0.2) is 41.2 Å². The van der Waals surface area contributed by atoms with Crippen LogP contribution in [0.3, 0.4) is 0 Å². The maximum atomic E-state index is 12.3. The van der Waals surface area contributed by atoms with E-state index in [2.05, 4.69) is 5.10 Å². The number of aromatic nitrogens is 2. The molecule has 1 fully saturated rings. The van der Waals surface area contributed by atoms with Crippen LogP contribution in [0.4, 0.5) is 0 Å². The highest BCUT2D eigenvalue weighted by atomic mass is 16.5. The Kier molecular flexibility index (Phi) is 4.52. The standard InChI is InChI=1S/C17H19N3O3/c1-13-2-4-14(5-3-13)15-6-7-16(21)20(18-15)12-17(22)19-8-10-23-11-9-19/h2-7H,8-12H2,1H3. The highest BCUT2D eigenvalue weighted by Crippen LogP contribution is 2.15. The molecule has 0 atom stereocenters. The number of benzene rings is 1.